The third-order valence-corrected chi connectivity index (χ3v) is 2.83. The third-order valence-electron chi connectivity index (χ3n) is 2.63. The Morgan fingerprint density at radius 3 is 2.94 bits per heavy atom. The van der Waals surface area contributed by atoms with E-state index in [-0.39, 0.29) is 0 Å². The quantitative estimate of drug-likeness (QED) is 0.747. The van der Waals surface area contributed by atoms with Crippen molar-refractivity contribution in [3.8, 4) is 0 Å². The lowest BCUT2D eigenvalue weighted by Crippen LogP contribution is -2.25. The number of anilines is 1. The van der Waals surface area contributed by atoms with Crippen molar-refractivity contribution in [1.29, 1.82) is 0 Å². The van der Waals surface area contributed by atoms with Crippen LogP contribution in [0.5, 0.6) is 0 Å². The largest absolute Gasteiger partial charge is 0.382 e. The maximum Gasteiger partial charge on any atom is 0.165 e. The lowest BCUT2D eigenvalue weighted by molar-refractivity contribution is 0.339. The molecule has 0 aliphatic heterocycles. The fourth-order valence-corrected chi connectivity index (χ4v) is 1.96. The maximum atomic E-state index is 5.73. The van der Waals surface area contributed by atoms with Gasteiger partial charge in [0.25, 0.3) is 0 Å². The molecule has 2 aromatic heterocycles. The Labute approximate surface area is 105 Å². The molecular formula is C10H16N6S. The number of hydrogen-bond acceptors (Lipinski definition) is 6. The van der Waals surface area contributed by atoms with E-state index in [4.69, 9.17) is 5.73 Å². The van der Waals surface area contributed by atoms with Crippen LogP contribution in [-0.2, 0) is 6.54 Å². The molecule has 2 aromatic rings. The fraction of sp³-hybridized carbons (Fsp3) is 0.500. The van der Waals surface area contributed by atoms with Gasteiger partial charge in [-0.1, -0.05) is 0 Å². The van der Waals surface area contributed by atoms with Gasteiger partial charge in [-0.05, 0) is 7.05 Å². The van der Waals surface area contributed by atoms with E-state index in [1.165, 1.54) is 6.33 Å². The maximum absolute atomic E-state index is 5.73. The van der Waals surface area contributed by atoms with Gasteiger partial charge in [-0.3, -0.25) is 0 Å². The lowest BCUT2D eigenvalue weighted by atomic mass is 10.5. The minimum atomic E-state index is 0.428. The average molecular weight is 252 g/mol. The first-order valence-electron chi connectivity index (χ1n) is 5.43. The molecule has 0 saturated heterocycles. The van der Waals surface area contributed by atoms with Crippen molar-refractivity contribution in [3.05, 3.63) is 12.7 Å². The standard InChI is InChI=1S/C10H16N6S/c1-15(4-5-17)2-3-16-7-14-8-9(11)12-6-13-10(8)16/h6-7,17H,2-5H2,1H3,(H2,11,12,13). The highest BCUT2D eigenvalue weighted by Crippen LogP contribution is 2.13. The summed E-state index contributed by atoms with van der Waals surface area (Å²) < 4.78 is 1.99. The summed E-state index contributed by atoms with van der Waals surface area (Å²) in [7, 11) is 2.07. The summed E-state index contributed by atoms with van der Waals surface area (Å²) in [5.41, 5.74) is 7.19. The molecule has 2 rings (SSSR count). The van der Waals surface area contributed by atoms with Crippen LogP contribution >= 0.6 is 12.6 Å². The van der Waals surface area contributed by atoms with Gasteiger partial charge in [-0.15, -0.1) is 0 Å². The van der Waals surface area contributed by atoms with Crippen LogP contribution < -0.4 is 5.73 Å². The van der Waals surface area contributed by atoms with Crippen LogP contribution in [0, 0.1) is 0 Å². The highest BCUT2D eigenvalue weighted by atomic mass is 32.1. The van der Waals surface area contributed by atoms with E-state index in [0.717, 1.165) is 31.0 Å². The molecule has 0 saturated carbocycles. The molecular weight excluding hydrogens is 236 g/mol. The summed E-state index contributed by atoms with van der Waals surface area (Å²) in [5.74, 6) is 1.29. The number of fused-ring (bicyclic) bond motifs is 1. The van der Waals surface area contributed by atoms with Gasteiger partial charge in [-0.2, -0.15) is 12.6 Å². The summed E-state index contributed by atoms with van der Waals surface area (Å²) in [4.78, 5) is 14.6. The van der Waals surface area contributed by atoms with Crippen LogP contribution in [0.3, 0.4) is 0 Å². The Morgan fingerprint density at radius 2 is 2.18 bits per heavy atom. The Morgan fingerprint density at radius 1 is 1.35 bits per heavy atom. The number of thiol groups is 1. The van der Waals surface area contributed by atoms with Crippen molar-refractivity contribution in [2.75, 3.05) is 31.6 Å². The van der Waals surface area contributed by atoms with Gasteiger partial charge < -0.3 is 15.2 Å². The first kappa shape index (κ1) is 12.1. The molecule has 0 unspecified atom stereocenters. The van der Waals surface area contributed by atoms with E-state index in [1.807, 2.05) is 4.57 Å². The van der Waals surface area contributed by atoms with Gasteiger partial charge in [0.05, 0.1) is 6.33 Å². The van der Waals surface area contributed by atoms with Crippen LogP contribution in [0.1, 0.15) is 0 Å². The lowest BCUT2D eigenvalue weighted by Gasteiger charge is -2.15. The van der Waals surface area contributed by atoms with E-state index in [2.05, 4.69) is 39.5 Å². The zero-order valence-electron chi connectivity index (χ0n) is 9.74. The van der Waals surface area contributed by atoms with Crippen LogP contribution in [0.25, 0.3) is 11.2 Å². The number of nitrogens with zero attached hydrogens (tertiary/aromatic N) is 5. The molecule has 0 aliphatic rings. The smallest absolute Gasteiger partial charge is 0.165 e. The summed E-state index contributed by atoms with van der Waals surface area (Å²) in [5, 5.41) is 0. The van der Waals surface area contributed by atoms with Crippen molar-refractivity contribution >= 4 is 29.6 Å². The number of rotatable bonds is 5. The molecule has 0 amide bonds. The highest BCUT2D eigenvalue weighted by molar-refractivity contribution is 7.80. The van der Waals surface area contributed by atoms with Gasteiger partial charge >= 0.3 is 0 Å². The number of nitrogens with two attached hydrogens (primary N) is 1. The van der Waals surface area contributed by atoms with Crippen molar-refractivity contribution in [2.24, 2.45) is 0 Å². The number of imidazole rings is 1. The Kier molecular flexibility index (Phi) is 3.80. The number of likely N-dealkylation sites (N-methyl/N-ethyl adjacent to an activating group) is 1. The normalized spacial score (nSPS) is 11.5. The van der Waals surface area contributed by atoms with E-state index in [1.54, 1.807) is 6.33 Å². The number of aromatic nitrogens is 4. The van der Waals surface area contributed by atoms with Crippen molar-refractivity contribution in [1.82, 2.24) is 24.4 Å². The minimum absolute atomic E-state index is 0.428. The van der Waals surface area contributed by atoms with Crippen molar-refractivity contribution in [2.45, 2.75) is 6.54 Å². The second kappa shape index (κ2) is 5.33. The molecule has 6 nitrogen and oxygen atoms in total. The molecule has 17 heavy (non-hydrogen) atoms. The molecule has 0 atom stereocenters. The first-order chi connectivity index (χ1) is 8.22. The van der Waals surface area contributed by atoms with Gasteiger partial charge in [0.15, 0.2) is 11.5 Å². The molecule has 0 aliphatic carbocycles. The van der Waals surface area contributed by atoms with E-state index >= 15 is 0 Å². The van der Waals surface area contributed by atoms with Crippen LogP contribution in [0.4, 0.5) is 5.82 Å². The molecule has 7 heteroatoms. The van der Waals surface area contributed by atoms with E-state index in [9.17, 15) is 0 Å². The van der Waals surface area contributed by atoms with Crippen LogP contribution in [-0.4, -0.2) is 50.3 Å². The van der Waals surface area contributed by atoms with E-state index < -0.39 is 0 Å². The van der Waals surface area contributed by atoms with Gasteiger partial charge in [0, 0.05) is 25.4 Å². The Bertz CT molecular complexity index is 497. The molecule has 92 valence electrons. The topological polar surface area (TPSA) is 72.9 Å². The zero-order valence-corrected chi connectivity index (χ0v) is 10.6. The molecule has 0 bridgehead atoms. The molecule has 0 radical (unpaired) electrons. The van der Waals surface area contributed by atoms with Crippen molar-refractivity contribution < 1.29 is 0 Å². The van der Waals surface area contributed by atoms with Gasteiger partial charge in [0.2, 0.25) is 0 Å². The number of nitrogen functional groups attached to an aromatic ring is 1. The van der Waals surface area contributed by atoms with Gasteiger partial charge in [-0.25, -0.2) is 15.0 Å². The van der Waals surface area contributed by atoms with Crippen LogP contribution in [0.2, 0.25) is 0 Å². The monoisotopic (exact) mass is 252 g/mol. The summed E-state index contributed by atoms with van der Waals surface area (Å²) in [6.07, 6.45) is 3.22. The van der Waals surface area contributed by atoms with E-state index in [0.29, 0.717) is 11.3 Å². The molecule has 2 heterocycles. The predicted molar refractivity (Wildman–Crippen MR) is 71.1 cm³/mol. The summed E-state index contributed by atoms with van der Waals surface area (Å²) >= 11 is 4.20. The average Bonchev–Trinajstić information content (AvgIpc) is 2.72. The summed E-state index contributed by atoms with van der Waals surface area (Å²) in [6, 6.07) is 0. The summed E-state index contributed by atoms with van der Waals surface area (Å²) in [6.45, 7) is 2.72. The molecule has 0 spiro atoms. The second-order valence-corrected chi connectivity index (χ2v) is 4.34. The van der Waals surface area contributed by atoms with Crippen LogP contribution in [0.15, 0.2) is 12.7 Å². The molecule has 0 fully saturated rings. The Balaban J connectivity index is 2.12. The fourth-order valence-electron chi connectivity index (χ4n) is 1.62. The first-order valence-corrected chi connectivity index (χ1v) is 6.06. The van der Waals surface area contributed by atoms with Crippen molar-refractivity contribution in [3.63, 3.8) is 0 Å². The second-order valence-electron chi connectivity index (χ2n) is 3.90. The number of hydrogen-bond donors (Lipinski definition) is 2. The predicted octanol–water partition coefficient (Wildman–Crippen LogP) is 0.270. The highest BCUT2D eigenvalue weighted by Gasteiger charge is 2.07. The molecule has 0 aromatic carbocycles. The Hall–Kier alpha value is -1.34. The molecule has 2 N–H and O–H groups in total. The minimum Gasteiger partial charge on any atom is -0.382 e. The zero-order chi connectivity index (χ0) is 12.3. The van der Waals surface area contributed by atoms with Gasteiger partial charge in [0.1, 0.15) is 11.8 Å². The third kappa shape index (κ3) is 2.67. The SMILES string of the molecule is CN(CCS)CCn1cnc2c(N)ncnc21.